The maximum absolute atomic E-state index is 11.0. The number of carbonyl (C=O) groups is 1. The van der Waals surface area contributed by atoms with E-state index >= 15 is 0 Å². The number of carbonyl (C=O) groups excluding carboxylic acids is 1. The van der Waals surface area contributed by atoms with Crippen molar-refractivity contribution >= 4 is 5.78 Å². The molecule has 60 valence electrons. The monoisotopic (exact) mass is 154 g/mol. The number of aryl methyl sites for hydroxylation is 1. The summed E-state index contributed by atoms with van der Waals surface area (Å²) in [5, 5.41) is 8.54. The van der Waals surface area contributed by atoms with E-state index in [1.165, 1.54) is 4.68 Å². The van der Waals surface area contributed by atoms with Gasteiger partial charge in [-0.15, -0.1) is 0 Å². The standard InChI is InChI=1S/C7H10N2O2/c1-5-2-3-9(8)7(5)6(11)4-10/h2-3,10H,4,8H2,1H3. The molecular weight excluding hydrogens is 144 g/mol. The highest BCUT2D eigenvalue weighted by Gasteiger charge is 2.11. The zero-order valence-corrected chi connectivity index (χ0v) is 6.24. The summed E-state index contributed by atoms with van der Waals surface area (Å²) in [5.41, 5.74) is 1.15. The molecule has 0 saturated carbocycles. The van der Waals surface area contributed by atoms with E-state index in [1.54, 1.807) is 19.2 Å². The molecule has 3 N–H and O–H groups in total. The third-order valence-corrected chi connectivity index (χ3v) is 1.52. The van der Waals surface area contributed by atoms with Crippen molar-refractivity contribution in [3.8, 4) is 0 Å². The smallest absolute Gasteiger partial charge is 0.206 e. The Kier molecular flexibility index (Phi) is 1.96. The first-order valence-electron chi connectivity index (χ1n) is 3.24. The minimum absolute atomic E-state index is 0.352. The van der Waals surface area contributed by atoms with Crippen LogP contribution in [-0.2, 0) is 0 Å². The Morgan fingerprint density at radius 1 is 1.82 bits per heavy atom. The van der Waals surface area contributed by atoms with Crippen LogP contribution in [0.4, 0.5) is 0 Å². The predicted octanol–water partition coefficient (Wildman–Crippen LogP) is -0.315. The molecule has 0 aliphatic heterocycles. The number of nitrogens with two attached hydrogens (primary N) is 1. The van der Waals surface area contributed by atoms with E-state index in [0.29, 0.717) is 5.69 Å². The molecular formula is C7H10N2O2. The van der Waals surface area contributed by atoms with Gasteiger partial charge in [0.05, 0.1) is 0 Å². The lowest BCUT2D eigenvalue weighted by Crippen LogP contribution is -2.18. The minimum atomic E-state index is -0.498. The zero-order valence-electron chi connectivity index (χ0n) is 6.24. The average Bonchev–Trinajstić information content (AvgIpc) is 2.30. The molecule has 1 heterocycles. The number of Topliss-reactive ketones (excluding diaryl/α,β-unsaturated/α-hetero) is 1. The van der Waals surface area contributed by atoms with Gasteiger partial charge in [0.15, 0.2) is 0 Å². The van der Waals surface area contributed by atoms with Gasteiger partial charge in [0, 0.05) is 6.20 Å². The summed E-state index contributed by atoms with van der Waals surface area (Å²) in [6, 6.07) is 1.73. The van der Waals surface area contributed by atoms with Gasteiger partial charge in [-0.05, 0) is 18.6 Å². The summed E-state index contributed by atoms with van der Waals surface area (Å²) in [6.07, 6.45) is 1.58. The SMILES string of the molecule is Cc1ccn(N)c1C(=O)CO. The topological polar surface area (TPSA) is 68.2 Å². The number of rotatable bonds is 2. The van der Waals surface area contributed by atoms with Crippen LogP contribution in [0.15, 0.2) is 12.3 Å². The van der Waals surface area contributed by atoms with Crippen molar-refractivity contribution < 1.29 is 9.90 Å². The number of aromatic nitrogens is 1. The molecule has 0 spiro atoms. The normalized spacial score (nSPS) is 10.0. The maximum Gasteiger partial charge on any atom is 0.206 e. The molecule has 0 radical (unpaired) electrons. The van der Waals surface area contributed by atoms with Crippen LogP contribution in [0.5, 0.6) is 0 Å². The number of hydrogen-bond acceptors (Lipinski definition) is 3. The third-order valence-electron chi connectivity index (χ3n) is 1.52. The van der Waals surface area contributed by atoms with Crippen molar-refractivity contribution in [1.82, 2.24) is 4.68 Å². The summed E-state index contributed by atoms with van der Waals surface area (Å²) in [7, 11) is 0. The lowest BCUT2D eigenvalue weighted by atomic mass is 10.2. The molecule has 1 rings (SSSR count). The largest absolute Gasteiger partial charge is 0.388 e. The Morgan fingerprint density at radius 3 is 2.82 bits per heavy atom. The Morgan fingerprint density at radius 2 is 2.45 bits per heavy atom. The maximum atomic E-state index is 11.0. The van der Waals surface area contributed by atoms with Crippen LogP contribution in [0.2, 0.25) is 0 Å². The van der Waals surface area contributed by atoms with Gasteiger partial charge in [-0.25, -0.2) is 0 Å². The van der Waals surface area contributed by atoms with E-state index < -0.39 is 6.61 Å². The first-order chi connectivity index (χ1) is 5.16. The Balaban J connectivity index is 3.10. The van der Waals surface area contributed by atoms with Crippen molar-refractivity contribution in [2.24, 2.45) is 0 Å². The summed E-state index contributed by atoms with van der Waals surface area (Å²) < 4.78 is 1.22. The van der Waals surface area contributed by atoms with E-state index in [0.717, 1.165) is 5.56 Å². The van der Waals surface area contributed by atoms with Crippen molar-refractivity contribution in [2.45, 2.75) is 6.92 Å². The molecule has 0 fully saturated rings. The van der Waals surface area contributed by atoms with E-state index in [-0.39, 0.29) is 5.78 Å². The van der Waals surface area contributed by atoms with Crippen molar-refractivity contribution in [3.05, 3.63) is 23.5 Å². The molecule has 0 amide bonds. The number of hydrogen-bond donors (Lipinski definition) is 2. The molecule has 0 aliphatic carbocycles. The predicted molar refractivity (Wildman–Crippen MR) is 40.7 cm³/mol. The van der Waals surface area contributed by atoms with Crippen LogP contribution in [0.25, 0.3) is 0 Å². The number of aliphatic hydroxyl groups is 1. The van der Waals surface area contributed by atoms with Crippen LogP contribution in [0.1, 0.15) is 16.1 Å². The molecule has 1 aromatic heterocycles. The fourth-order valence-corrected chi connectivity index (χ4v) is 0.988. The number of nitrogen functional groups attached to an aromatic ring is 1. The molecule has 4 heteroatoms. The number of aliphatic hydroxyl groups excluding tert-OH is 1. The second kappa shape index (κ2) is 2.75. The second-order valence-electron chi connectivity index (χ2n) is 2.34. The van der Waals surface area contributed by atoms with E-state index in [2.05, 4.69) is 0 Å². The van der Waals surface area contributed by atoms with Crippen LogP contribution in [0.3, 0.4) is 0 Å². The number of nitrogens with zero attached hydrogens (tertiary/aromatic N) is 1. The lowest BCUT2D eigenvalue weighted by molar-refractivity contribution is 0.0895. The van der Waals surface area contributed by atoms with Gasteiger partial charge in [0.2, 0.25) is 5.78 Å². The van der Waals surface area contributed by atoms with Gasteiger partial charge >= 0.3 is 0 Å². The molecule has 4 nitrogen and oxygen atoms in total. The first-order valence-corrected chi connectivity index (χ1v) is 3.24. The Labute approximate surface area is 64.2 Å². The number of ketones is 1. The molecule has 0 unspecified atom stereocenters. The van der Waals surface area contributed by atoms with Crippen molar-refractivity contribution in [3.63, 3.8) is 0 Å². The van der Waals surface area contributed by atoms with Crippen molar-refractivity contribution in [1.29, 1.82) is 0 Å². The summed E-state index contributed by atoms with van der Waals surface area (Å²) in [4.78, 5) is 11.0. The quantitative estimate of drug-likeness (QED) is 0.453. The molecule has 0 atom stereocenters. The molecule has 11 heavy (non-hydrogen) atoms. The van der Waals surface area contributed by atoms with Crippen LogP contribution < -0.4 is 5.84 Å². The van der Waals surface area contributed by atoms with Gasteiger partial charge < -0.3 is 10.9 Å². The molecule has 0 bridgehead atoms. The summed E-state index contributed by atoms with van der Waals surface area (Å²) in [5.74, 6) is 5.05. The highest BCUT2D eigenvalue weighted by atomic mass is 16.3. The average molecular weight is 154 g/mol. The highest BCUT2D eigenvalue weighted by molar-refractivity contribution is 5.96. The molecule has 0 aromatic carbocycles. The minimum Gasteiger partial charge on any atom is -0.388 e. The van der Waals surface area contributed by atoms with Gasteiger partial charge in [-0.1, -0.05) is 0 Å². The van der Waals surface area contributed by atoms with Gasteiger partial charge in [-0.2, -0.15) is 0 Å². The summed E-state index contributed by atoms with van der Waals surface area (Å²) in [6.45, 7) is 1.27. The van der Waals surface area contributed by atoms with Crippen LogP contribution >= 0.6 is 0 Å². The van der Waals surface area contributed by atoms with E-state index in [4.69, 9.17) is 10.9 Å². The highest BCUT2D eigenvalue weighted by Crippen LogP contribution is 2.06. The van der Waals surface area contributed by atoms with Gasteiger partial charge in [0.1, 0.15) is 12.3 Å². The lowest BCUT2D eigenvalue weighted by Gasteiger charge is -2.00. The fraction of sp³-hybridized carbons (Fsp3) is 0.286. The van der Waals surface area contributed by atoms with Gasteiger partial charge in [0.25, 0.3) is 0 Å². The zero-order chi connectivity index (χ0) is 8.43. The molecule has 1 aromatic rings. The summed E-state index contributed by atoms with van der Waals surface area (Å²) >= 11 is 0. The Bertz CT molecular complexity index is 258. The van der Waals surface area contributed by atoms with Crippen LogP contribution in [-0.4, -0.2) is 22.2 Å². The van der Waals surface area contributed by atoms with E-state index in [9.17, 15) is 4.79 Å². The van der Waals surface area contributed by atoms with Crippen molar-refractivity contribution in [2.75, 3.05) is 12.4 Å². The fourth-order valence-electron chi connectivity index (χ4n) is 0.988. The molecule has 0 saturated heterocycles. The Hall–Kier alpha value is -1.29. The van der Waals surface area contributed by atoms with E-state index in [1.807, 2.05) is 0 Å². The second-order valence-corrected chi connectivity index (χ2v) is 2.34. The first kappa shape index (κ1) is 7.81. The molecule has 0 aliphatic rings. The van der Waals surface area contributed by atoms with Gasteiger partial charge in [-0.3, -0.25) is 9.47 Å². The van der Waals surface area contributed by atoms with Crippen LogP contribution in [0, 0.1) is 6.92 Å². The third kappa shape index (κ3) is 1.25.